The van der Waals surface area contributed by atoms with E-state index in [9.17, 15) is 10.1 Å². The van der Waals surface area contributed by atoms with Crippen molar-refractivity contribution in [2.24, 2.45) is 11.8 Å². The Labute approximate surface area is 132 Å². The smallest absolute Gasteiger partial charge is 0.235 e. The third-order valence-corrected chi connectivity index (χ3v) is 4.73. The Bertz CT molecular complexity index is 429. The van der Waals surface area contributed by atoms with Gasteiger partial charge in [0.25, 0.3) is 0 Å². The van der Waals surface area contributed by atoms with Crippen LogP contribution in [0, 0.1) is 23.2 Å². The van der Waals surface area contributed by atoms with Crippen LogP contribution in [0.2, 0.25) is 0 Å². The lowest BCUT2D eigenvalue weighted by Crippen LogP contribution is -2.53. The summed E-state index contributed by atoms with van der Waals surface area (Å²) in [5.41, 5.74) is -0.816. The number of hydrogen-bond acceptors (Lipinski definition) is 5. The summed E-state index contributed by atoms with van der Waals surface area (Å²) in [6.07, 6.45) is 2.00. The van der Waals surface area contributed by atoms with Gasteiger partial charge < -0.3 is 14.8 Å². The summed E-state index contributed by atoms with van der Waals surface area (Å²) in [5.74, 6) is 0.305. The first-order chi connectivity index (χ1) is 10.4. The van der Waals surface area contributed by atoms with E-state index in [0.717, 1.165) is 25.9 Å². The summed E-state index contributed by atoms with van der Waals surface area (Å²) < 4.78 is 11.2. The second-order valence-corrected chi connectivity index (χ2v) is 6.76. The summed E-state index contributed by atoms with van der Waals surface area (Å²) in [6, 6.07) is 2.21. The Balaban J connectivity index is 1.84. The molecule has 0 aromatic carbocycles. The lowest BCUT2D eigenvalue weighted by Gasteiger charge is -2.35. The maximum atomic E-state index is 12.3. The van der Waals surface area contributed by atoms with Gasteiger partial charge in [-0.2, -0.15) is 5.26 Å². The third kappa shape index (κ3) is 4.19. The zero-order valence-electron chi connectivity index (χ0n) is 13.8. The van der Waals surface area contributed by atoms with Crippen molar-refractivity contribution in [2.45, 2.75) is 45.4 Å². The van der Waals surface area contributed by atoms with Crippen molar-refractivity contribution in [1.82, 2.24) is 10.2 Å². The number of piperidine rings is 1. The molecule has 6 nitrogen and oxygen atoms in total. The highest BCUT2D eigenvalue weighted by molar-refractivity contribution is 5.79. The Morgan fingerprint density at radius 2 is 2.14 bits per heavy atom. The highest BCUT2D eigenvalue weighted by atomic mass is 16.7. The molecule has 2 heterocycles. The van der Waals surface area contributed by atoms with Gasteiger partial charge in [0.1, 0.15) is 5.54 Å². The highest BCUT2D eigenvalue weighted by Gasteiger charge is 2.33. The standard InChI is InChI=1S/C16H27N3O3/c1-12(2)16(3,11-17)18-14(20)10-19-6-4-5-13(9-19)15-21-7-8-22-15/h12-13,15H,4-10H2,1-3H3,(H,18,20)/t13-,16-/m1/s1. The molecule has 0 spiro atoms. The molecule has 1 amide bonds. The molecule has 2 aliphatic rings. The van der Waals surface area contributed by atoms with E-state index in [0.29, 0.717) is 25.7 Å². The SMILES string of the molecule is CC(C)[C@@](C)(C#N)NC(=O)CN1CCC[C@@H](C2OCCO2)C1. The fourth-order valence-electron chi connectivity index (χ4n) is 2.94. The summed E-state index contributed by atoms with van der Waals surface area (Å²) in [6.45, 7) is 9.02. The van der Waals surface area contributed by atoms with E-state index in [1.165, 1.54) is 0 Å². The molecule has 0 aromatic rings. The normalized spacial score (nSPS) is 26.6. The Morgan fingerprint density at radius 1 is 1.45 bits per heavy atom. The number of nitrogens with one attached hydrogen (secondary N) is 1. The van der Waals surface area contributed by atoms with Gasteiger partial charge >= 0.3 is 0 Å². The molecule has 2 aliphatic heterocycles. The molecule has 0 unspecified atom stereocenters. The summed E-state index contributed by atoms with van der Waals surface area (Å²) in [5, 5.41) is 12.2. The average Bonchev–Trinajstić information content (AvgIpc) is 3.01. The largest absolute Gasteiger partial charge is 0.350 e. The van der Waals surface area contributed by atoms with Crippen LogP contribution in [0.15, 0.2) is 0 Å². The van der Waals surface area contributed by atoms with Gasteiger partial charge in [-0.1, -0.05) is 13.8 Å². The highest BCUT2D eigenvalue weighted by Crippen LogP contribution is 2.24. The van der Waals surface area contributed by atoms with Gasteiger partial charge in [0.2, 0.25) is 5.91 Å². The van der Waals surface area contributed by atoms with E-state index >= 15 is 0 Å². The first-order valence-electron chi connectivity index (χ1n) is 8.12. The first-order valence-corrected chi connectivity index (χ1v) is 8.12. The quantitative estimate of drug-likeness (QED) is 0.824. The van der Waals surface area contributed by atoms with Gasteiger partial charge in [0.05, 0.1) is 25.8 Å². The molecule has 0 aliphatic carbocycles. The van der Waals surface area contributed by atoms with Crippen LogP contribution in [0.4, 0.5) is 0 Å². The lowest BCUT2D eigenvalue weighted by atomic mass is 9.90. The van der Waals surface area contributed by atoms with Gasteiger partial charge in [-0.05, 0) is 32.2 Å². The Hall–Kier alpha value is -1.16. The predicted octanol–water partition coefficient (Wildman–Crippen LogP) is 1.13. The second-order valence-electron chi connectivity index (χ2n) is 6.76. The van der Waals surface area contributed by atoms with Crippen LogP contribution in [0.5, 0.6) is 0 Å². The molecule has 2 fully saturated rings. The molecule has 0 bridgehead atoms. The van der Waals surface area contributed by atoms with Crippen LogP contribution < -0.4 is 5.32 Å². The molecule has 2 atom stereocenters. The zero-order valence-corrected chi connectivity index (χ0v) is 13.8. The van der Waals surface area contributed by atoms with Crippen LogP contribution in [-0.2, 0) is 14.3 Å². The van der Waals surface area contributed by atoms with Gasteiger partial charge in [-0.25, -0.2) is 0 Å². The molecule has 6 heteroatoms. The summed E-state index contributed by atoms with van der Waals surface area (Å²) in [7, 11) is 0. The number of nitriles is 1. The van der Waals surface area contributed by atoms with Crippen molar-refractivity contribution >= 4 is 5.91 Å². The first kappa shape index (κ1) is 17.2. The fourth-order valence-corrected chi connectivity index (χ4v) is 2.94. The van der Waals surface area contributed by atoms with Gasteiger partial charge in [-0.3, -0.25) is 9.69 Å². The van der Waals surface area contributed by atoms with Gasteiger partial charge in [-0.15, -0.1) is 0 Å². The minimum atomic E-state index is -0.816. The number of ether oxygens (including phenoxy) is 2. The van der Waals surface area contributed by atoms with Crippen LogP contribution in [0.3, 0.4) is 0 Å². The molecular weight excluding hydrogens is 282 g/mol. The predicted molar refractivity (Wildman–Crippen MR) is 81.9 cm³/mol. The van der Waals surface area contributed by atoms with E-state index in [1.54, 1.807) is 6.92 Å². The number of amides is 1. The van der Waals surface area contributed by atoms with Crippen molar-refractivity contribution < 1.29 is 14.3 Å². The maximum absolute atomic E-state index is 12.3. The fraction of sp³-hybridized carbons (Fsp3) is 0.875. The van der Waals surface area contributed by atoms with E-state index < -0.39 is 5.54 Å². The van der Waals surface area contributed by atoms with E-state index in [1.807, 2.05) is 13.8 Å². The summed E-state index contributed by atoms with van der Waals surface area (Å²) in [4.78, 5) is 14.4. The Kier molecular flexibility index (Phi) is 5.79. The molecule has 0 radical (unpaired) electrons. The Morgan fingerprint density at radius 3 is 2.73 bits per heavy atom. The average molecular weight is 309 g/mol. The molecule has 0 saturated carbocycles. The van der Waals surface area contributed by atoms with Gasteiger partial charge in [0.15, 0.2) is 6.29 Å². The van der Waals surface area contributed by atoms with E-state index in [-0.39, 0.29) is 18.1 Å². The topological polar surface area (TPSA) is 74.6 Å². The van der Waals surface area contributed by atoms with Crippen molar-refractivity contribution in [3.8, 4) is 6.07 Å². The molecular formula is C16H27N3O3. The van der Waals surface area contributed by atoms with Crippen molar-refractivity contribution in [1.29, 1.82) is 5.26 Å². The van der Waals surface area contributed by atoms with Crippen LogP contribution in [0.1, 0.15) is 33.6 Å². The minimum absolute atomic E-state index is 0.0656. The van der Waals surface area contributed by atoms with Crippen LogP contribution in [0.25, 0.3) is 0 Å². The van der Waals surface area contributed by atoms with Crippen LogP contribution >= 0.6 is 0 Å². The van der Waals surface area contributed by atoms with E-state index in [4.69, 9.17) is 9.47 Å². The number of carbonyl (C=O) groups is 1. The molecule has 0 aromatic heterocycles. The number of nitrogens with zero attached hydrogens (tertiary/aromatic N) is 2. The number of carbonyl (C=O) groups excluding carboxylic acids is 1. The van der Waals surface area contributed by atoms with Gasteiger partial charge in [0, 0.05) is 12.5 Å². The maximum Gasteiger partial charge on any atom is 0.235 e. The van der Waals surface area contributed by atoms with Crippen molar-refractivity contribution in [3.05, 3.63) is 0 Å². The van der Waals surface area contributed by atoms with Crippen molar-refractivity contribution in [3.63, 3.8) is 0 Å². The lowest BCUT2D eigenvalue weighted by molar-refractivity contribution is -0.127. The molecule has 2 rings (SSSR count). The number of likely N-dealkylation sites (tertiary alicyclic amines) is 1. The number of hydrogen-bond donors (Lipinski definition) is 1. The van der Waals surface area contributed by atoms with Crippen LogP contribution in [-0.4, -0.2) is 55.5 Å². The van der Waals surface area contributed by atoms with Crippen molar-refractivity contribution in [2.75, 3.05) is 32.8 Å². The molecule has 124 valence electrons. The third-order valence-electron chi connectivity index (χ3n) is 4.73. The monoisotopic (exact) mass is 309 g/mol. The molecule has 1 N–H and O–H groups in total. The van der Waals surface area contributed by atoms with E-state index in [2.05, 4.69) is 16.3 Å². The zero-order chi connectivity index (χ0) is 16.2. The number of rotatable bonds is 5. The molecule has 22 heavy (non-hydrogen) atoms. The second kappa shape index (κ2) is 7.40. The summed E-state index contributed by atoms with van der Waals surface area (Å²) >= 11 is 0. The molecule has 2 saturated heterocycles. The minimum Gasteiger partial charge on any atom is -0.350 e.